The van der Waals surface area contributed by atoms with E-state index in [1.807, 2.05) is 12.3 Å². The number of likely N-dealkylation sites (tertiary alicyclic amines) is 1. The maximum Gasteiger partial charge on any atom is 0.0735 e. The highest BCUT2D eigenvalue weighted by atomic mass is 16.5. The molecule has 5 heteroatoms. The van der Waals surface area contributed by atoms with E-state index in [9.17, 15) is 0 Å². The van der Waals surface area contributed by atoms with Crippen LogP contribution in [0.15, 0.2) is 24.5 Å². The zero-order chi connectivity index (χ0) is 16.8. The molecule has 0 saturated carbocycles. The van der Waals surface area contributed by atoms with Crippen LogP contribution in [0.4, 0.5) is 0 Å². The standard InChI is InChI=1S/C19H31N3O2/c1-19(2,22-10-12-23-13-11-22)16-21-8-5-18(6-9-21)24-15-17-4-3-7-20-14-17/h3-4,7,14,18H,5-6,8-13,15-16H2,1-2H3. The molecule has 0 bridgehead atoms. The first-order valence-electron chi connectivity index (χ1n) is 9.19. The van der Waals surface area contributed by atoms with Crippen LogP contribution < -0.4 is 0 Å². The Labute approximate surface area is 145 Å². The zero-order valence-electron chi connectivity index (χ0n) is 15.1. The number of aromatic nitrogens is 1. The van der Waals surface area contributed by atoms with Crippen LogP contribution in [0, 0.1) is 0 Å². The van der Waals surface area contributed by atoms with Gasteiger partial charge in [-0.3, -0.25) is 9.88 Å². The van der Waals surface area contributed by atoms with Gasteiger partial charge in [-0.1, -0.05) is 6.07 Å². The monoisotopic (exact) mass is 333 g/mol. The normalized spacial score (nSPS) is 21.9. The Morgan fingerprint density at radius 3 is 2.62 bits per heavy atom. The predicted octanol–water partition coefficient (Wildman–Crippen LogP) is 2.17. The molecule has 1 aromatic rings. The lowest BCUT2D eigenvalue weighted by Gasteiger charge is -2.45. The van der Waals surface area contributed by atoms with E-state index in [0.717, 1.165) is 64.3 Å². The molecule has 0 amide bonds. The lowest BCUT2D eigenvalue weighted by atomic mass is 9.98. The first-order valence-corrected chi connectivity index (χ1v) is 9.19. The van der Waals surface area contributed by atoms with E-state index in [4.69, 9.17) is 9.47 Å². The van der Waals surface area contributed by atoms with E-state index in [1.54, 1.807) is 6.20 Å². The number of nitrogens with zero attached hydrogens (tertiary/aromatic N) is 3. The van der Waals surface area contributed by atoms with Crippen molar-refractivity contribution < 1.29 is 9.47 Å². The maximum atomic E-state index is 6.07. The van der Waals surface area contributed by atoms with Crippen LogP contribution in [-0.2, 0) is 16.1 Å². The fraction of sp³-hybridized carbons (Fsp3) is 0.737. The number of hydrogen-bond donors (Lipinski definition) is 0. The third kappa shape index (κ3) is 4.99. The summed E-state index contributed by atoms with van der Waals surface area (Å²) in [6, 6.07) is 4.04. The molecule has 5 nitrogen and oxygen atoms in total. The van der Waals surface area contributed by atoms with Crippen molar-refractivity contribution in [3.8, 4) is 0 Å². The van der Waals surface area contributed by atoms with Crippen molar-refractivity contribution in [2.24, 2.45) is 0 Å². The first-order chi connectivity index (χ1) is 11.6. The van der Waals surface area contributed by atoms with E-state index < -0.39 is 0 Å². The Hall–Kier alpha value is -1.01. The van der Waals surface area contributed by atoms with Gasteiger partial charge in [0.1, 0.15) is 0 Å². The van der Waals surface area contributed by atoms with E-state index in [0.29, 0.717) is 12.7 Å². The molecule has 0 radical (unpaired) electrons. The molecule has 0 spiro atoms. The van der Waals surface area contributed by atoms with Gasteiger partial charge in [-0.05, 0) is 38.3 Å². The zero-order valence-corrected chi connectivity index (χ0v) is 15.1. The van der Waals surface area contributed by atoms with Crippen molar-refractivity contribution in [2.45, 2.75) is 44.9 Å². The maximum absolute atomic E-state index is 6.07. The van der Waals surface area contributed by atoms with Crippen molar-refractivity contribution in [3.63, 3.8) is 0 Å². The minimum absolute atomic E-state index is 0.215. The summed E-state index contributed by atoms with van der Waals surface area (Å²) in [4.78, 5) is 9.31. The summed E-state index contributed by atoms with van der Waals surface area (Å²) < 4.78 is 11.6. The summed E-state index contributed by atoms with van der Waals surface area (Å²) in [7, 11) is 0. The number of morpholine rings is 1. The minimum Gasteiger partial charge on any atom is -0.379 e. The Bertz CT molecular complexity index is 481. The van der Waals surface area contributed by atoms with Crippen molar-refractivity contribution in [1.29, 1.82) is 0 Å². The van der Waals surface area contributed by atoms with E-state index in [2.05, 4.69) is 34.7 Å². The van der Waals surface area contributed by atoms with Gasteiger partial charge in [0, 0.05) is 50.7 Å². The fourth-order valence-corrected chi connectivity index (χ4v) is 3.75. The number of rotatable bonds is 6. The van der Waals surface area contributed by atoms with E-state index in [-0.39, 0.29) is 5.54 Å². The molecule has 0 N–H and O–H groups in total. The Morgan fingerprint density at radius 2 is 1.96 bits per heavy atom. The van der Waals surface area contributed by atoms with Gasteiger partial charge in [-0.15, -0.1) is 0 Å². The second-order valence-electron chi connectivity index (χ2n) is 7.56. The number of pyridine rings is 1. The number of ether oxygens (including phenoxy) is 2. The predicted molar refractivity (Wildman–Crippen MR) is 95.0 cm³/mol. The highest BCUT2D eigenvalue weighted by Crippen LogP contribution is 2.22. The highest BCUT2D eigenvalue weighted by molar-refractivity contribution is 5.06. The number of hydrogen-bond acceptors (Lipinski definition) is 5. The molecule has 2 saturated heterocycles. The molecule has 0 unspecified atom stereocenters. The molecule has 2 fully saturated rings. The molecule has 2 aliphatic rings. The summed E-state index contributed by atoms with van der Waals surface area (Å²) >= 11 is 0. The van der Waals surface area contributed by atoms with Crippen molar-refractivity contribution in [2.75, 3.05) is 45.9 Å². The lowest BCUT2D eigenvalue weighted by Crippen LogP contribution is -2.56. The van der Waals surface area contributed by atoms with Crippen LogP contribution in [0.1, 0.15) is 32.3 Å². The van der Waals surface area contributed by atoms with Crippen LogP contribution in [0.5, 0.6) is 0 Å². The van der Waals surface area contributed by atoms with Gasteiger partial charge >= 0.3 is 0 Å². The quantitative estimate of drug-likeness (QED) is 0.798. The minimum atomic E-state index is 0.215. The van der Waals surface area contributed by atoms with Gasteiger partial charge in [0.05, 0.1) is 25.9 Å². The van der Waals surface area contributed by atoms with Crippen molar-refractivity contribution in [3.05, 3.63) is 30.1 Å². The molecule has 134 valence electrons. The average molecular weight is 333 g/mol. The summed E-state index contributed by atoms with van der Waals surface area (Å²) in [6.45, 7) is 12.6. The SMILES string of the molecule is CC(C)(CN1CCC(OCc2cccnc2)CC1)N1CCOCC1. The Balaban J connectivity index is 1.40. The van der Waals surface area contributed by atoms with E-state index >= 15 is 0 Å². The van der Waals surface area contributed by atoms with Gasteiger partial charge in [-0.25, -0.2) is 0 Å². The lowest BCUT2D eigenvalue weighted by molar-refractivity contribution is -0.0382. The van der Waals surface area contributed by atoms with Crippen LogP contribution in [0.25, 0.3) is 0 Å². The third-order valence-electron chi connectivity index (χ3n) is 5.22. The van der Waals surface area contributed by atoms with Crippen LogP contribution in [-0.4, -0.2) is 72.4 Å². The van der Waals surface area contributed by atoms with Crippen molar-refractivity contribution in [1.82, 2.24) is 14.8 Å². The smallest absolute Gasteiger partial charge is 0.0735 e. The summed E-state index contributed by atoms with van der Waals surface area (Å²) in [5, 5.41) is 0. The van der Waals surface area contributed by atoms with Gasteiger partial charge in [0.15, 0.2) is 0 Å². The second kappa shape index (κ2) is 8.39. The molecule has 0 aliphatic carbocycles. The fourth-order valence-electron chi connectivity index (χ4n) is 3.75. The molecular weight excluding hydrogens is 302 g/mol. The summed E-state index contributed by atoms with van der Waals surface area (Å²) in [5.74, 6) is 0. The average Bonchev–Trinajstić information content (AvgIpc) is 2.62. The Kier molecular flexibility index (Phi) is 6.22. The van der Waals surface area contributed by atoms with Crippen LogP contribution in [0.2, 0.25) is 0 Å². The topological polar surface area (TPSA) is 37.8 Å². The molecule has 0 atom stereocenters. The molecule has 1 aromatic heterocycles. The summed E-state index contributed by atoms with van der Waals surface area (Å²) in [6.07, 6.45) is 6.32. The summed E-state index contributed by atoms with van der Waals surface area (Å²) in [5.41, 5.74) is 1.38. The van der Waals surface area contributed by atoms with Gasteiger partial charge in [-0.2, -0.15) is 0 Å². The molecule has 24 heavy (non-hydrogen) atoms. The molecular formula is C19H31N3O2. The molecule has 2 aliphatic heterocycles. The van der Waals surface area contributed by atoms with Crippen LogP contribution >= 0.6 is 0 Å². The van der Waals surface area contributed by atoms with Crippen LogP contribution in [0.3, 0.4) is 0 Å². The second-order valence-corrected chi connectivity index (χ2v) is 7.56. The Morgan fingerprint density at radius 1 is 1.21 bits per heavy atom. The number of piperidine rings is 1. The van der Waals surface area contributed by atoms with Gasteiger partial charge in [0.2, 0.25) is 0 Å². The van der Waals surface area contributed by atoms with E-state index in [1.165, 1.54) is 0 Å². The molecule has 3 rings (SSSR count). The molecule has 0 aromatic carbocycles. The first kappa shape index (κ1) is 17.8. The van der Waals surface area contributed by atoms with Gasteiger partial charge in [0.25, 0.3) is 0 Å². The van der Waals surface area contributed by atoms with Crippen molar-refractivity contribution >= 4 is 0 Å². The molecule has 3 heterocycles. The van der Waals surface area contributed by atoms with Gasteiger partial charge < -0.3 is 14.4 Å². The largest absolute Gasteiger partial charge is 0.379 e. The third-order valence-corrected chi connectivity index (χ3v) is 5.22. The highest BCUT2D eigenvalue weighted by Gasteiger charge is 2.31.